The van der Waals surface area contributed by atoms with Crippen molar-refractivity contribution in [1.29, 1.82) is 0 Å². The molecule has 0 atom stereocenters. The maximum atomic E-state index is 13.3. The highest BCUT2D eigenvalue weighted by atomic mass is 19.1. The predicted octanol–water partition coefficient (Wildman–Crippen LogP) is 8.45. The molecule has 0 radical (unpaired) electrons. The average molecular weight is 462 g/mol. The summed E-state index contributed by atoms with van der Waals surface area (Å²) in [7, 11) is 0. The van der Waals surface area contributed by atoms with Crippen molar-refractivity contribution in [2.45, 2.75) is 84.5 Å². The summed E-state index contributed by atoms with van der Waals surface area (Å²) in [5.74, 6) is 0.613. The van der Waals surface area contributed by atoms with Crippen molar-refractivity contribution >= 4 is 5.78 Å². The number of pyridine rings is 1. The first-order valence-corrected chi connectivity index (χ1v) is 12.8. The summed E-state index contributed by atoms with van der Waals surface area (Å²) in [4.78, 5) is 16.2. The second-order valence-corrected chi connectivity index (χ2v) is 9.45. The second-order valence-electron chi connectivity index (χ2n) is 9.45. The Bertz CT molecular complexity index is 1080. The molecule has 2 aromatic carbocycles. The SMILES string of the molecule is CC(=O)c1ccc(C2CCCC2)cc1CCCc1cccc(F)c1.CCCc1ncccc1C.[HH]. The largest absolute Gasteiger partial charge is 0.295 e. The van der Waals surface area contributed by atoms with Gasteiger partial charge in [0.05, 0.1) is 0 Å². The Hall–Kier alpha value is -2.81. The Kier molecular flexibility index (Phi) is 10.00. The lowest BCUT2D eigenvalue weighted by molar-refractivity contribution is 0.101. The number of hydrogen-bond acceptors (Lipinski definition) is 2. The molecule has 1 aliphatic rings. The molecule has 0 saturated heterocycles. The van der Waals surface area contributed by atoms with Crippen LogP contribution in [0.25, 0.3) is 0 Å². The first-order chi connectivity index (χ1) is 16.5. The fourth-order valence-electron chi connectivity index (χ4n) is 4.87. The molecule has 3 aromatic rings. The van der Waals surface area contributed by atoms with Crippen LogP contribution < -0.4 is 0 Å². The van der Waals surface area contributed by atoms with Gasteiger partial charge in [-0.05, 0) is 98.7 Å². The molecule has 0 N–H and O–H groups in total. The maximum absolute atomic E-state index is 13.3. The quantitative estimate of drug-likeness (QED) is 0.315. The number of Topliss-reactive ketones (excluding diaryl/α,β-unsaturated/α-hetero) is 1. The fraction of sp³-hybridized carbons (Fsp3) is 0.419. The zero-order valence-electron chi connectivity index (χ0n) is 20.9. The minimum absolute atomic E-state index is 0. The number of carbonyl (C=O) groups excluding carboxylic acids is 1. The Labute approximate surface area is 206 Å². The lowest BCUT2D eigenvalue weighted by Gasteiger charge is -2.14. The lowest BCUT2D eigenvalue weighted by atomic mass is 9.90. The summed E-state index contributed by atoms with van der Waals surface area (Å²) in [5.41, 5.74) is 6.96. The number of ketones is 1. The van der Waals surface area contributed by atoms with Gasteiger partial charge >= 0.3 is 0 Å². The van der Waals surface area contributed by atoms with E-state index in [1.807, 2.05) is 24.4 Å². The predicted molar refractivity (Wildman–Crippen MR) is 141 cm³/mol. The zero-order chi connectivity index (χ0) is 24.3. The highest BCUT2D eigenvalue weighted by Gasteiger charge is 2.18. The maximum Gasteiger partial charge on any atom is 0.160 e. The molecular weight excluding hydrogens is 421 g/mol. The third-order valence-electron chi connectivity index (χ3n) is 6.74. The molecule has 1 saturated carbocycles. The molecule has 2 nitrogen and oxygen atoms in total. The molecule has 1 heterocycles. The van der Waals surface area contributed by atoms with Crippen molar-refractivity contribution in [3.63, 3.8) is 0 Å². The molecule has 1 aromatic heterocycles. The van der Waals surface area contributed by atoms with Crippen LogP contribution in [0.1, 0.15) is 98.0 Å². The van der Waals surface area contributed by atoms with Crippen LogP contribution in [0.3, 0.4) is 0 Å². The zero-order valence-corrected chi connectivity index (χ0v) is 20.9. The Morgan fingerprint density at radius 1 is 1.03 bits per heavy atom. The molecule has 0 spiro atoms. The normalized spacial score (nSPS) is 13.4. The van der Waals surface area contributed by atoms with Crippen LogP contribution in [0, 0.1) is 12.7 Å². The van der Waals surface area contributed by atoms with Gasteiger partial charge in [-0.1, -0.05) is 62.6 Å². The number of halogens is 1. The van der Waals surface area contributed by atoms with E-state index in [9.17, 15) is 9.18 Å². The highest BCUT2D eigenvalue weighted by Crippen LogP contribution is 2.35. The fourth-order valence-corrected chi connectivity index (χ4v) is 4.87. The molecule has 0 bridgehead atoms. The number of carbonyl (C=O) groups is 1. The Balaban J connectivity index is 0.000000332. The van der Waals surface area contributed by atoms with Crippen molar-refractivity contribution in [2.24, 2.45) is 0 Å². The van der Waals surface area contributed by atoms with E-state index in [0.29, 0.717) is 5.92 Å². The van der Waals surface area contributed by atoms with Crippen molar-refractivity contribution in [1.82, 2.24) is 4.98 Å². The number of benzene rings is 2. The molecule has 34 heavy (non-hydrogen) atoms. The number of aromatic nitrogens is 1. The van der Waals surface area contributed by atoms with Crippen molar-refractivity contribution in [2.75, 3.05) is 0 Å². The van der Waals surface area contributed by atoms with Gasteiger partial charge in [0.1, 0.15) is 5.82 Å². The summed E-state index contributed by atoms with van der Waals surface area (Å²) < 4.78 is 13.3. The Morgan fingerprint density at radius 2 is 1.82 bits per heavy atom. The van der Waals surface area contributed by atoms with Crippen molar-refractivity contribution < 1.29 is 10.6 Å². The van der Waals surface area contributed by atoms with Gasteiger partial charge in [0.2, 0.25) is 0 Å². The molecular formula is C31H40FNO. The minimum atomic E-state index is -0.180. The summed E-state index contributed by atoms with van der Waals surface area (Å²) in [6.07, 6.45) is 11.9. The molecule has 1 aliphatic carbocycles. The van der Waals surface area contributed by atoms with Gasteiger partial charge in [0.15, 0.2) is 5.78 Å². The molecule has 1 fully saturated rings. The minimum Gasteiger partial charge on any atom is -0.295 e. The van der Waals surface area contributed by atoms with E-state index >= 15 is 0 Å². The first-order valence-electron chi connectivity index (χ1n) is 12.8. The molecule has 0 unspecified atom stereocenters. The molecule has 3 heteroatoms. The summed E-state index contributed by atoms with van der Waals surface area (Å²) in [6, 6.07) is 17.3. The van der Waals surface area contributed by atoms with Gasteiger partial charge in [-0.15, -0.1) is 0 Å². The van der Waals surface area contributed by atoms with Crippen LogP contribution in [0.15, 0.2) is 60.8 Å². The van der Waals surface area contributed by atoms with Gasteiger partial charge in [-0.2, -0.15) is 0 Å². The molecule has 0 amide bonds. The lowest BCUT2D eigenvalue weighted by Crippen LogP contribution is -2.03. The number of nitrogens with zero attached hydrogens (tertiary/aromatic N) is 1. The van der Waals surface area contributed by atoms with E-state index in [1.54, 1.807) is 19.1 Å². The smallest absolute Gasteiger partial charge is 0.160 e. The van der Waals surface area contributed by atoms with Crippen molar-refractivity contribution in [3.05, 3.63) is 100 Å². The van der Waals surface area contributed by atoms with E-state index in [1.165, 1.54) is 55.0 Å². The van der Waals surface area contributed by atoms with Crippen molar-refractivity contribution in [3.8, 4) is 0 Å². The summed E-state index contributed by atoms with van der Waals surface area (Å²) in [6.45, 7) is 5.92. The van der Waals surface area contributed by atoms with Gasteiger partial charge in [-0.3, -0.25) is 9.78 Å². The van der Waals surface area contributed by atoms with E-state index in [4.69, 9.17) is 0 Å². The van der Waals surface area contributed by atoms with Gasteiger partial charge in [0.25, 0.3) is 0 Å². The molecule has 182 valence electrons. The number of hydrogen-bond donors (Lipinski definition) is 0. The first kappa shape index (κ1) is 25.8. The monoisotopic (exact) mass is 461 g/mol. The topological polar surface area (TPSA) is 30.0 Å². The standard InChI is InChI=1S/C22H25FO.C9H13N.H2/c1-16(24)22-13-12-19(18-8-2-3-9-18)15-20(22)10-4-6-17-7-5-11-21(23)14-17;1-3-5-9-8(2)6-4-7-10-9;/h5,7,11-15,18H,2-4,6,8-10H2,1H3;4,6-7H,3,5H2,1-2H3;1H. The van der Waals surface area contributed by atoms with Crippen LogP contribution in [0.5, 0.6) is 0 Å². The summed E-state index contributed by atoms with van der Waals surface area (Å²) in [5, 5.41) is 0. The van der Waals surface area contributed by atoms with E-state index in [0.717, 1.165) is 42.4 Å². The molecule has 4 rings (SSSR count). The van der Waals surface area contributed by atoms with E-state index in [-0.39, 0.29) is 13.0 Å². The van der Waals surface area contributed by atoms with Crippen LogP contribution in [-0.2, 0) is 19.3 Å². The third kappa shape index (κ3) is 7.62. The van der Waals surface area contributed by atoms with Gasteiger partial charge in [0, 0.05) is 18.9 Å². The second kappa shape index (κ2) is 13.2. The van der Waals surface area contributed by atoms with Crippen LogP contribution in [-0.4, -0.2) is 10.8 Å². The average Bonchev–Trinajstić information content (AvgIpc) is 3.36. The van der Waals surface area contributed by atoms with Crippen LogP contribution in [0.4, 0.5) is 4.39 Å². The van der Waals surface area contributed by atoms with Gasteiger partial charge < -0.3 is 0 Å². The Morgan fingerprint density at radius 3 is 2.50 bits per heavy atom. The van der Waals surface area contributed by atoms with E-state index < -0.39 is 0 Å². The number of rotatable bonds is 8. The van der Waals surface area contributed by atoms with E-state index in [2.05, 4.69) is 37.0 Å². The third-order valence-corrected chi connectivity index (χ3v) is 6.74. The van der Waals surface area contributed by atoms with Crippen LogP contribution >= 0.6 is 0 Å². The summed E-state index contributed by atoms with van der Waals surface area (Å²) >= 11 is 0. The van der Waals surface area contributed by atoms with Crippen LogP contribution in [0.2, 0.25) is 0 Å². The molecule has 0 aliphatic heterocycles. The highest BCUT2D eigenvalue weighted by molar-refractivity contribution is 5.95. The van der Waals surface area contributed by atoms with Gasteiger partial charge in [-0.25, -0.2) is 4.39 Å². The number of aryl methyl sites for hydroxylation is 4.